The van der Waals surface area contributed by atoms with Crippen LogP contribution in [0.4, 0.5) is 0 Å². The Morgan fingerprint density at radius 2 is 2.00 bits per heavy atom. The van der Waals surface area contributed by atoms with Crippen LogP contribution in [0.5, 0.6) is 0 Å². The maximum Gasteiger partial charge on any atom is 0.307 e. The van der Waals surface area contributed by atoms with Crippen molar-refractivity contribution in [2.24, 2.45) is 11.7 Å². The van der Waals surface area contributed by atoms with Gasteiger partial charge in [0.15, 0.2) is 0 Å². The quantitative estimate of drug-likeness (QED) is 0.749. The van der Waals surface area contributed by atoms with Crippen LogP contribution in [0.25, 0.3) is 0 Å². The first-order valence-electron chi connectivity index (χ1n) is 6.50. The van der Waals surface area contributed by atoms with Crippen LogP contribution < -0.4 is 5.73 Å². The predicted octanol–water partition coefficient (Wildman–Crippen LogP) is 1.86. The molecule has 0 spiro atoms. The zero-order chi connectivity index (χ0) is 12.8. The van der Waals surface area contributed by atoms with Crippen LogP contribution in [0.2, 0.25) is 0 Å². The van der Waals surface area contributed by atoms with E-state index in [1.54, 1.807) is 7.11 Å². The van der Waals surface area contributed by atoms with Gasteiger partial charge in [-0.1, -0.05) is 13.8 Å². The molecule has 1 aliphatic rings. The maximum atomic E-state index is 11.7. The van der Waals surface area contributed by atoms with Crippen molar-refractivity contribution < 1.29 is 14.3 Å². The van der Waals surface area contributed by atoms with Gasteiger partial charge in [0.05, 0.1) is 12.5 Å². The monoisotopic (exact) mass is 243 g/mol. The maximum absolute atomic E-state index is 11.7. The zero-order valence-electron chi connectivity index (χ0n) is 11.1. The number of esters is 1. The Kier molecular flexibility index (Phi) is 5.92. The number of rotatable bonds is 5. The van der Waals surface area contributed by atoms with Crippen molar-refractivity contribution in [2.75, 3.05) is 7.11 Å². The molecule has 1 fully saturated rings. The van der Waals surface area contributed by atoms with E-state index in [1.807, 2.05) is 13.8 Å². The summed E-state index contributed by atoms with van der Waals surface area (Å²) in [7, 11) is 1.71. The summed E-state index contributed by atoms with van der Waals surface area (Å²) in [4.78, 5) is 11.7. The van der Waals surface area contributed by atoms with Crippen LogP contribution in [0.1, 0.15) is 46.0 Å². The van der Waals surface area contributed by atoms with E-state index < -0.39 is 0 Å². The molecule has 0 heterocycles. The second-order valence-electron chi connectivity index (χ2n) is 5.25. The molecule has 4 heteroatoms. The fraction of sp³-hybridized carbons (Fsp3) is 0.923. The highest BCUT2D eigenvalue weighted by atomic mass is 16.5. The summed E-state index contributed by atoms with van der Waals surface area (Å²) in [5.41, 5.74) is 5.85. The number of carbonyl (C=O) groups excluding carboxylic acids is 1. The van der Waals surface area contributed by atoms with Gasteiger partial charge in [-0.2, -0.15) is 0 Å². The average molecular weight is 243 g/mol. The van der Waals surface area contributed by atoms with E-state index in [2.05, 4.69) is 0 Å². The first kappa shape index (κ1) is 14.5. The van der Waals surface area contributed by atoms with E-state index in [0.29, 0.717) is 12.3 Å². The fourth-order valence-electron chi connectivity index (χ4n) is 2.09. The molecule has 0 aromatic rings. The van der Waals surface area contributed by atoms with Gasteiger partial charge in [0.1, 0.15) is 6.10 Å². The molecule has 1 saturated carbocycles. The van der Waals surface area contributed by atoms with Gasteiger partial charge in [-0.05, 0) is 25.2 Å². The molecule has 0 bridgehead atoms. The van der Waals surface area contributed by atoms with Crippen molar-refractivity contribution in [1.82, 2.24) is 0 Å². The highest BCUT2D eigenvalue weighted by Gasteiger charge is 2.25. The van der Waals surface area contributed by atoms with Crippen molar-refractivity contribution in [1.29, 1.82) is 0 Å². The van der Waals surface area contributed by atoms with E-state index in [4.69, 9.17) is 15.2 Å². The van der Waals surface area contributed by atoms with E-state index in [-0.39, 0.29) is 24.2 Å². The normalized spacial score (nSPS) is 26.9. The van der Waals surface area contributed by atoms with Gasteiger partial charge in [-0.25, -0.2) is 0 Å². The molecule has 0 saturated heterocycles. The van der Waals surface area contributed by atoms with Crippen LogP contribution in [0.15, 0.2) is 0 Å². The topological polar surface area (TPSA) is 61.5 Å². The lowest BCUT2D eigenvalue weighted by molar-refractivity contribution is -0.153. The number of ether oxygens (including phenoxy) is 2. The Morgan fingerprint density at radius 3 is 2.59 bits per heavy atom. The first-order chi connectivity index (χ1) is 8.02. The third-order valence-electron chi connectivity index (χ3n) is 3.47. The van der Waals surface area contributed by atoms with Gasteiger partial charge in [0, 0.05) is 19.6 Å². The molecule has 4 nitrogen and oxygen atoms in total. The van der Waals surface area contributed by atoms with Crippen LogP contribution in [0, 0.1) is 5.92 Å². The smallest absolute Gasteiger partial charge is 0.307 e. The predicted molar refractivity (Wildman–Crippen MR) is 66.6 cm³/mol. The van der Waals surface area contributed by atoms with Gasteiger partial charge in [0.2, 0.25) is 0 Å². The summed E-state index contributed by atoms with van der Waals surface area (Å²) >= 11 is 0. The highest BCUT2D eigenvalue weighted by molar-refractivity contribution is 5.70. The van der Waals surface area contributed by atoms with Gasteiger partial charge in [0.25, 0.3) is 0 Å². The minimum Gasteiger partial charge on any atom is -0.462 e. The molecular weight excluding hydrogens is 218 g/mol. The average Bonchev–Trinajstić information content (AvgIpc) is 2.28. The van der Waals surface area contributed by atoms with Crippen molar-refractivity contribution in [3.63, 3.8) is 0 Å². The summed E-state index contributed by atoms with van der Waals surface area (Å²) in [6, 6.07) is -0.107. The number of carbonyl (C=O) groups is 1. The van der Waals surface area contributed by atoms with Crippen molar-refractivity contribution in [3.05, 3.63) is 0 Å². The summed E-state index contributed by atoms with van der Waals surface area (Å²) in [6.45, 7) is 4.03. The Balaban J connectivity index is 2.30. The summed E-state index contributed by atoms with van der Waals surface area (Å²) in [6.07, 6.45) is 4.46. The van der Waals surface area contributed by atoms with Crippen LogP contribution in [0.3, 0.4) is 0 Å². The Bertz CT molecular complexity index is 243. The largest absolute Gasteiger partial charge is 0.462 e. The van der Waals surface area contributed by atoms with Crippen molar-refractivity contribution in [3.8, 4) is 0 Å². The molecular formula is C13H25NO3. The number of hydrogen-bond donors (Lipinski definition) is 1. The standard InChI is InChI=1S/C13H25NO3/c1-9(2)12(14)8-13(15)17-11-6-4-5-10(7-11)16-3/h9-12H,4-8,14H2,1-3H3. The van der Waals surface area contributed by atoms with E-state index in [9.17, 15) is 4.79 Å². The molecule has 0 amide bonds. The minimum absolute atomic E-state index is 0.0144. The van der Waals surface area contributed by atoms with Crippen LogP contribution in [-0.2, 0) is 14.3 Å². The summed E-state index contributed by atoms with van der Waals surface area (Å²) < 4.78 is 10.8. The van der Waals surface area contributed by atoms with Crippen LogP contribution >= 0.6 is 0 Å². The second-order valence-corrected chi connectivity index (χ2v) is 5.25. The minimum atomic E-state index is -0.173. The molecule has 1 aliphatic carbocycles. The lowest BCUT2D eigenvalue weighted by atomic mass is 9.95. The van der Waals surface area contributed by atoms with Crippen LogP contribution in [-0.4, -0.2) is 31.3 Å². The zero-order valence-corrected chi connectivity index (χ0v) is 11.1. The molecule has 1 rings (SSSR count). The molecule has 3 unspecified atom stereocenters. The molecule has 17 heavy (non-hydrogen) atoms. The van der Waals surface area contributed by atoms with Gasteiger partial charge < -0.3 is 15.2 Å². The van der Waals surface area contributed by atoms with E-state index in [0.717, 1.165) is 25.7 Å². The molecule has 0 aromatic carbocycles. The lowest BCUT2D eigenvalue weighted by Crippen LogP contribution is -2.34. The van der Waals surface area contributed by atoms with Crippen molar-refractivity contribution >= 4 is 5.97 Å². The summed E-state index contributed by atoms with van der Waals surface area (Å²) in [5.74, 6) is 0.133. The third kappa shape index (κ3) is 5.04. The summed E-state index contributed by atoms with van der Waals surface area (Å²) in [5, 5.41) is 0. The fourth-order valence-corrected chi connectivity index (χ4v) is 2.09. The number of hydrogen-bond acceptors (Lipinski definition) is 4. The molecule has 3 atom stereocenters. The SMILES string of the molecule is COC1CCCC(OC(=O)CC(N)C(C)C)C1. The van der Waals surface area contributed by atoms with Gasteiger partial charge in [-0.15, -0.1) is 0 Å². The van der Waals surface area contributed by atoms with E-state index in [1.165, 1.54) is 0 Å². The highest BCUT2D eigenvalue weighted by Crippen LogP contribution is 2.23. The first-order valence-corrected chi connectivity index (χ1v) is 6.50. The van der Waals surface area contributed by atoms with Crippen molar-refractivity contribution in [2.45, 2.75) is 64.2 Å². The second kappa shape index (κ2) is 6.97. The van der Waals surface area contributed by atoms with Gasteiger partial charge >= 0.3 is 5.97 Å². The number of nitrogens with two attached hydrogens (primary N) is 1. The lowest BCUT2D eigenvalue weighted by Gasteiger charge is -2.28. The van der Waals surface area contributed by atoms with Gasteiger partial charge in [-0.3, -0.25) is 4.79 Å². The Morgan fingerprint density at radius 1 is 1.35 bits per heavy atom. The molecule has 0 aliphatic heterocycles. The number of methoxy groups -OCH3 is 1. The Labute approximate surface area is 104 Å². The molecule has 100 valence electrons. The van der Waals surface area contributed by atoms with E-state index >= 15 is 0 Å². The molecule has 0 radical (unpaired) electrons. The Hall–Kier alpha value is -0.610. The third-order valence-corrected chi connectivity index (χ3v) is 3.47. The molecule has 0 aromatic heterocycles. The molecule has 2 N–H and O–H groups in total.